The molecular formula is C18H17ClFN2O2+. The third kappa shape index (κ3) is 3.47. The average Bonchev–Trinajstić information content (AvgIpc) is 2.84. The van der Waals surface area contributed by atoms with Gasteiger partial charge < -0.3 is 5.32 Å². The number of rotatable bonds is 5. The van der Waals surface area contributed by atoms with Crippen LogP contribution in [0.1, 0.15) is 12.0 Å². The van der Waals surface area contributed by atoms with Crippen molar-refractivity contribution in [1.29, 1.82) is 0 Å². The van der Waals surface area contributed by atoms with E-state index < -0.39 is 6.04 Å². The zero-order chi connectivity index (χ0) is 17.1. The van der Waals surface area contributed by atoms with E-state index >= 15 is 0 Å². The van der Waals surface area contributed by atoms with Crippen molar-refractivity contribution in [2.45, 2.75) is 18.9 Å². The molecule has 24 heavy (non-hydrogen) atoms. The minimum Gasteiger partial charge on any atom is -0.335 e. The minimum absolute atomic E-state index is 0.152. The number of nitrogens with two attached hydrogens (primary N) is 1. The summed E-state index contributed by atoms with van der Waals surface area (Å²) in [7, 11) is 0. The lowest BCUT2D eigenvalue weighted by molar-refractivity contribution is -0.674. The van der Waals surface area contributed by atoms with Gasteiger partial charge in [-0.15, -0.1) is 0 Å². The number of benzene rings is 2. The molecule has 1 atom stereocenters. The van der Waals surface area contributed by atoms with Gasteiger partial charge in [-0.05, 0) is 35.9 Å². The SMILES string of the molecule is O=C1CC([NH2+]CCc2ccccc2F)C(=O)N1c1ccc(Cl)cc1. The molecule has 0 aromatic heterocycles. The number of carbonyl (C=O) groups excluding carboxylic acids is 2. The normalized spacial score (nSPS) is 17.6. The summed E-state index contributed by atoms with van der Waals surface area (Å²) in [4.78, 5) is 25.8. The smallest absolute Gasteiger partial charge is 0.292 e. The van der Waals surface area contributed by atoms with E-state index in [1.165, 1.54) is 11.0 Å². The predicted octanol–water partition coefficient (Wildman–Crippen LogP) is 1.92. The molecule has 1 heterocycles. The Kier molecular flexibility index (Phi) is 4.92. The van der Waals surface area contributed by atoms with Crippen LogP contribution in [-0.2, 0) is 16.0 Å². The summed E-state index contributed by atoms with van der Waals surface area (Å²) in [5.74, 6) is -0.715. The molecule has 1 saturated heterocycles. The highest BCUT2D eigenvalue weighted by atomic mass is 35.5. The second-order valence-corrected chi connectivity index (χ2v) is 6.16. The number of hydrogen-bond donors (Lipinski definition) is 1. The largest absolute Gasteiger partial charge is 0.335 e. The molecule has 2 aromatic rings. The molecule has 124 valence electrons. The monoisotopic (exact) mass is 347 g/mol. The number of carbonyl (C=O) groups is 2. The predicted molar refractivity (Wildman–Crippen MR) is 89.2 cm³/mol. The Morgan fingerprint density at radius 3 is 2.54 bits per heavy atom. The van der Waals surface area contributed by atoms with Gasteiger partial charge in [0.25, 0.3) is 5.91 Å². The van der Waals surface area contributed by atoms with Crippen molar-refractivity contribution in [1.82, 2.24) is 0 Å². The Labute approximate surface area is 144 Å². The lowest BCUT2D eigenvalue weighted by atomic mass is 10.1. The fraction of sp³-hybridized carbons (Fsp3) is 0.222. The van der Waals surface area contributed by atoms with Crippen molar-refractivity contribution < 1.29 is 19.3 Å². The molecule has 1 aliphatic rings. The molecule has 2 aromatic carbocycles. The van der Waals surface area contributed by atoms with Crippen LogP contribution in [-0.4, -0.2) is 24.4 Å². The zero-order valence-electron chi connectivity index (χ0n) is 12.9. The Balaban J connectivity index is 1.62. The molecule has 3 rings (SSSR count). The van der Waals surface area contributed by atoms with E-state index in [2.05, 4.69) is 0 Å². The maximum atomic E-state index is 13.6. The lowest BCUT2D eigenvalue weighted by Crippen LogP contribution is -2.92. The molecule has 6 heteroatoms. The summed E-state index contributed by atoms with van der Waals surface area (Å²) in [5, 5.41) is 2.36. The topological polar surface area (TPSA) is 54.0 Å². The number of quaternary nitrogens is 1. The van der Waals surface area contributed by atoms with Gasteiger partial charge in [0.15, 0.2) is 6.04 Å². The molecule has 1 unspecified atom stereocenters. The Morgan fingerprint density at radius 1 is 1.12 bits per heavy atom. The van der Waals surface area contributed by atoms with Gasteiger partial charge in [0.05, 0.1) is 18.7 Å². The molecule has 2 amide bonds. The Morgan fingerprint density at radius 2 is 1.83 bits per heavy atom. The third-order valence-corrected chi connectivity index (χ3v) is 4.34. The van der Waals surface area contributed by atoms with Crippen molar-refractivity contribution in [3.05, 3.63) is 64.9 Å². The van der Waals surface area contributed by atoms with Crippen molar-refractivity contribution in [2.24, 2.45) is 0 Å². The average molecular weight is 348 g/mol. The fourth-order valence-electron chi connectivity index (χ4n) is 2.84. The molecule has 0 spiro atoms. The van der Waals surface area contributed by atoms with Crippen LogP contribution in [0.15, 0.2) is 48.5 Å². The first kappa shape index (κ1) is 16.6. The van der Waals surface area contributed by atoms with E-state index in [0.29, 0.717) is 29.2 Å². The van der Waals surface area contributed by atoms with Gasteiger partial charge in [0.2, 0.25) is 5.91 Å². The van der Waals surface area contributed by atoms with Gasteiger partial charge >= 0.3 is 0 Å². The molecule has 0 saturated carbocycles. The zero-order valence-corrected chi connectivity index (χ0v) is 13.7. The van der Waals surface area contributed by atoms with Crippen molar-refractivity contribution in [3.8, 4) is 0 Å². The van der Waals surface area contributed by atoms with Crippen LogP contribution in [0, 0.1) is 5.82 Å². The first-order chi connectivity index (χ1) is 11.6. The first-order valence-corrected chi connectivity index (χ1v) is 8.13. The van der Waals surface area contributed by atoms with Gasteiger partial charge in [-0.2, -0.15) is 0 Å². The van der Waals surface area contributed by atoms with E-state index in [1.54, 1.807) is 42.5 Å². The summed E-state index contributed by atoms with van der Waals surface area (Å²) in [6.45, 7) is 0.541. The lowest BCUT2D eigenvalue weighted by Gasteiger charge is -2.14. The minimum atomic E-state index is -0.458. The van der Waals surface area contributed by atoms with Gasteiger partial charge in [-0.25, -0.2) is 9.29 Å². The summed E-state index contributed by atoms with van der Waals surface area (Å²) in [6, 6.07) is 12.7. The highest BCUT2D eigenvalue weighted by Crippen LogP contribution is 2.23. The number of amides is 2. The van der Waals surface area contributed by atoms with E-state index in [-0.39, 0.29) is 24.1 Å². The van der Waals surface area contributed by atoms with Crippen molar-refractivity contribution >= 4 is 29.1 Å². The second-order valence-electron chi connectivity index (χ2n) is 5.72. The number of anilines is 1. The molecule has 4 nitrogen and oxygen atoms in total. The van der Waals surface area contributed by atoms with Crippen LogP contribution in [0.5, 0.6) is 0 Å². The summed E-state index contributed by atoms with van der Waals surface area (Å²) >= 11 is 5.83. The van der Waals surface area contributed by atoms with E-state index in [0.717, 1.165) is 0 Å². The molecule has 0 radical (unpaired) electrons. The molecule has 1 fully saturated rings. The van der Waals surface area contributed by atoms with E-state index in [9.17, 15) is 14.0 Å². The molecular weight excluding hydrogens is 331 g/mol. The van der Waals surface area contributed by atoms with E-state index in [1.807, 2.05) is 5.32 Å². The summed E-state index contributed by atoms with van der Waals surface area (Å²) in [5.41, 5.74) is 1.14. The Bertz CT molecular complexity index is 764. The number of imide groups is 1. The quantitative estimate of drug-likeness (QED) is 0.840. The second kappa shape index (κ2) is 7.11. The highest BCUT2D eigenvalue weighted by molar-refractivity contribution is 6.30. The van der Waals surface area contributed by atoms with Gasteiger partial charge in [0.1, 0.15) is 5.82 Å². The van der Waals surface area contributed by atoms with E-state index in [4.69, 9.17) is 11.6 Å². The maximum absolute atomic E-state index is 13.6. The van der Waals surface area contributed by atoms with Gasteiger partial charge in [-0.1, -0.05) is 29.8 Å². The molecule has 2 N–H and O–H groups in total. The van der Waals surface area contributed by atoms with Crippen molar-refractivity contribution in [3.63, 3.8) is 0 Å². The summed E-state index contributed by atoms with van der Waals surface area (Å²) < 4.78 is 13.6. The number of nitrogens with zero attached hydrogens (tertiary/aromatic N) is 1. The standard InChI is InChI=1S/C18H16ClFN2O2/c19-13-5-7-14(8-6-13)22-17(23)11-16(18(22)24)21-10-9-12-3-1-2-4-15(12)20/h1-8,16,21H,9-11H2/p+1. The van der Waals surface area contributed by atoms with Crippen LogP contribution in [0.3, 0.4) is 0 Å². The van der Waals surface area contributed by atoms with Crippen LogP contribution in [0.25, 0.3) is 0 Å². The third-order valence-electron chi connectivity index (χ3n) is 4.09. The molecule has 0 aliphatic carbocycles. The van der Waals surface area contributed by atoms with Gasteiger partial charge in [-0.3, -0.25) is 9.59 Å². The van der Waals surface area contributed by atoms with Gasteiger partial charge in [0, 0.05) is 11.4 Å². The van der Waals surface area contributed by atoms with Crippen LogP contribution < -0.4 is 10.2 Å². The van der Waals surface area contributed by atoms with Crippen LogP contribution in [0.4, 0.5) is 10.1 Å². The molecule has 1 aliphatic heterocycles. The number of hydrogen-bond acceptors (Lipinski definition) is 2. The fourth-order valence-corrected chi connectivity index (χ4v) is 2.97. The first-order valence-electron chi connectivity index (χ1n) is 7.75. The van der Waals surface area contributed by atoms with Crippen LogP contribution >= 0.6 is 11.6 Å². The Hall–Kier alpha value is -2.24. The number of halogens is 2. The molecule has 0 bridgehead atoms. The highest BCUT2D eigenvalue weighted by Gasteiger charge is 2.42. The maximum Gasteiger partial charge on any atom is 0.292 e. The van der Waals surface area contributed by atoms with Crippen molar-refractivity contribution in [2.75, 3.05) is 11.4 Å². The summed E-state index contributed by atoms with van der Waals surface area (Å²) in [6.07, 6.45) is 0.657. The van der Waals surface area contributed by atoms with Crippen LogP contribution in [0.2, 0.25) is 5.02 Å².